The minimum Gasteiger partial charge on any atom is -0.462 e. The second-order valence-corrected chi connectivity index (χ2v) is 8.73. The fourth-order valence-electron chi connectivity index (χ4n) is 4.65. The molecule has 166 valence electrons. The van der Waals surface area contributed by atoms with Crippen LogP contribution in [0, 0.1) is 0 Å². The first-order valence-electron chi connectivity index (χ1n) is 11.7. The van der Waals surface area contributed by atoms with Crippen LogP contribution in [0.3, 0.4) is 0 Å². The van der Waals surface area contributed by atoms with Crippen molar-refractivity contribution in [1.82, 2.24) is 0 Å². The Kier molecular flexibility index (Phi) is 8.48. The quantitative estimate of drug-likeness (QED) is 0.390. The van der Waals surface area contributed by atoms with Crippen molar-refractivity contribution in [2.75, 3.05) is 13.2 Å². The van der Waals surface area contributed by atoms with Crippen LogP contribution >= 0.6 is 0 Å². The zero-order chi connectivity index (χ0) is 22.2. The predicted molar refractivity (Wildman–Crippen MR) is 127 cm³/mol. The first-order chi connectivity index (χ1) is 15.0. The summed E-state index contributed by atoms with van der Waals surface area (Å²) in [4.78, 5) is 11.7. The van der Waals surface area contributed by atoms with E-state index < -0.39 is 0 Å². The molecule has 1 fully saturated rings. The van der Waals surface area contributed by atoms with Crippen molar-refractivity contribution in [3.05, 3.63) is 70.8 Å². The molecule has 0 saturated heterocycles. The molecule has 0 amide bonds. The van der Waals surface area contributed by atoms with E-state index in [0.29, 0.717) is 30.9 Å². The Hall–Kier alpha value is -2.39. The van der Waals surface area contributed by atoms with Crippen LogP contribution in [0.4, 0.5) is 0 Å². The van der Waals surface area contributed by atoms with Gasteiger partial charge in [-0.3, -0.25) is 0 Å². The van der Waals surface area contributed by atoms with Crippen LogP contribution in [-0.4, -0.2) is 24.3 Å². The second kappa shape index (κ2) is 11.3. The minimum absolute atomic E-state index is 0.105. The molecule has 1 saturated carbocycles. The molecule has 0 heterocycles. The largest absolute Gasteiger partial charge is 0.462 e. The van der Waals surface area contributed by atoms with Crippen molar-refractivity contribution in [3.8, 4) is 11.1 Å². The van der Waals surface area contributed by atoms with E-state index >= 15 is 0 Å². The molecular formula is C28H36O3. The Bertz CT molecular complexity index is 906. The summed E-state index contributed by atoms with van der Waals surface area (Å²) in [5.74, 6) is 0.352. The van der Waals surface area contributed by atoms with E-state index in [1.54, 1.807) is 6.92 Å². The van der Waals surface area contributed by atoms with Gasteiger partial charge in [0, 0.05) is 18.6 Å². The van der Waals surface area contributed by atoms with Crippen LogP contribution in [0.25, 0.3) is 11.1 Å². The summed E-state index contributed by atoms with van der Waals surface area (Å²) < 4.78 is 5.31. The molecule has 2 aromatic rings. The van der Waals surface area contributed by atoms with Gasteiger partial charge in [-0.15, -0.1) is 0 Å². The number of esters is 1. The summed E-state index contributed by atoms with van der Waals surface area (Å²) in [7, 11) is 0. The SMILES string of the molecule is C=C(C)C(=O)OCCc1cc(-c2ccc(C3CCCCC3)cc2CC)ccc1CCO. The van der Waals surface area contributed by atoms with Crippen LogP contribution < -0.4 is 0 Å². The van der Waals surface area contributed by atoms with E-state index in [1.165, 1.54) is 54.4 Å². The lowest BCUT2D eigenvalue weighted by atomic mass is 9.82. The standard InChI is InChI=1S/C28H36O3/c1-4-21-18-24(22-8-6-5-7-9-22)12-13-27(21)26-11-10-23(14-16-29)25(19-26)15-17-31-28(30)20(2)3/h10-13,18-19,22,29H,2,4-9,14-17H2,1,3H3. The molecule has 0 spiro atoms. The van der Waals surface area contributed by atoms with Crippen molar-refractivity contribution in [2.24, 2.45) is 0 Å². The van der Waals surface area contributed by atoms with E-state index in [1.807, 2.05) is 0 Å². The first-order valence-corrected chi connectivity index (χ1v) is 11.7. The Morgan fingerprint density at radius 1 is 1.03 bits per heavy atom. The number of aryl methyl sites for hydroxylation is 1. The lowest BCUT2D eigenvalue weighted by Crippen LogP contribution is -2.09. The van der Waals surface area contributed by atoms with Crippen LogP contribution in [0.15, 0.2) is 48.6 Å². The molecule has 0 aromatic heterocycles. The molecule has 1 aliphatic rings. The second-order valence-electron chi connectivity index (χ2n) is 8.73. The van der Waals surface area contributed by atoms with Crippen molar-refractivity contribution < 1.29 is 14.6 Å². The Morgan fingerprint density at radius 2 is 1.81 bits per heavy atom. The summed E-state index contributed by atoms with van der Waals surface area (Å²) in [5, 5.41) is 9.46. The number of benzene rings is 2. The lowest BCUT2D eigenvalue weighted by Gasteiger charge is -2.23. The molecule has 3 nitrogen and oxygen atoms in total. The molecule has 0 radical (unpaired) electrons. The third-order valence-electron chi connectivity index (χ3n) is 6.44. The van der Waals surface area contributed by atoms with Crippen LogP contribution in [-0.2, 0) is 28.8 Å². The van der Waals surface area contributed by atoms with Gasteiger partial charge in [0.05, 0.1) is 6.61 Å². The van der Waals surface area contributed by atoms with Gasteiger partial charge in [0.25, 0.3) is 0 Å². The number of aliphatic hydroxyl groups is 1. The topological polar surface area (TPSA) is 46.5 Å². The van der Waals surface area contributed by atoms with Gasteiger partial charge in [-0.2, -0.15) is 0 Å². The van der Waals surface area contributed by atoms with Gasteiger partial charge in [-0.1, -0.05) is 69.2 Å². The van der Waals surface area contributed by atoms with E-state index in [2.05, 4.69) is 49.9 Å². The van der Waals surface area contributed by atoms with Gasteiger partial charge in [-0.25, -0.2) is 4.79 Å². The fourth-order valence-corrected chi connectivity index (χ4v) is 4.65. The summed E-state index contributed by atoms with van der Waals surface area (Å²) in [6, 6.07) is 13.5. The zero-order valence-corrected chi connectivity index (χ0v) is 19.1. The summed E-state index contributed by atoms with van der Waals surface area (Å²) in [6.07, 6.45) is 8.92. The van der Waals surface area contributed by atoms with Gasteiger partial charge in [0.2, 0.25) is 0 Å². The molecule has 0 bridgehead atoms. The zero-order valence-electron chi connectivity index (χ0n) is 19.1. The molecule has 3 heteroatoms. The highest BCUT2D eigenvalue weighted by Crippen LogP contribution is 2.35. The normalized spacial score (nSPS) is 14.4. The number of aliphatic hydroxyl groups excluding tert-OH is 1. The average Bonchev–Trinajstić information content (AvgIpc) is 2.80. The summed E-state index contributed by atoms with van der Waals surface area (Å²) in [5.41, 5.74) is 7.98. The number of hydrogen-bond donors (Lipinski definition) is 1. The molecule has 0 unspecified atom stereocenters. The number of carbonyl (C=O) groups is 1. The summed E-state index contributed by atoms with van der Waals surface area (Å²) in [6.45, 7) is 7.93. The number of hydrogen-bond acceptors (Lipinski definition) is 3. The molecule has 3 rings (SSSR count). The van der Waals surface area contributed by atoms with E-state index in [9.17, 15) is 9.90 Å². The summed E-state index contributed by atoms with van der Waals surface area (Å²) >= 11 is 0. The minimum atomic E-state index is -0.355. The van der Waals surface area contributed by atoms with Gasteiger partial charge in [0.1, 0.15) is 0 Å². The molecule has 31 heavy (non-hydrogen) atoms. The van der Waals surface area contributed by atoms with E-state index in [4.69, 9.17) is 4.74 Å². The van der Waals surface area contributed by atoms with Crippen molar-refractivity contribution >= 4 is 5.97 Å². The van der Waals surface area contributed by atoms with Crippen LogP contribution in [0.5, 0.6) is 0 Å². The van der Waals surface area contributed by atoms with Crippen molar-refractivity contribution in [1.29, 1.82) is 0 Å². The Morgan fingerprint density at radius 3 is 2.48 bits per heavy atom. The van der Waals surface area contributed by atoms with E-state index in [-0.39, 0.29) is 12.6 Å². The maximum Gasteiger partial charge on any atom is 0.333 e. The average molecular weight is 421 g/mol. The predicted octanol–water partition coefficient (Wildman–Crippen LogP) is 6.16. The highest BCUT2D eigenvalue weighted by atomic mass is 16.5. The molecule has 2 aromatic carbocycles. The first kappa shape index (κ1) is 23.3. The monoisotopic (exact) mass is 420 g/mol. The maximum atomic E-state index is 11.7. The van der Waals surface area contributed by atoms with Crippen LogP contribution in [0.2, 0.25) is 0 Å². The van der Waals surface area contributed by atoms with Crippen molar-refractivity contribution in [2.45, 2.75) is 71.1 Å². The van der Waals surface area contributed by atoms with Gasteiger partial charge in [-0.05, 0) is 71.9 Å². The molecule has 0 aliphatic heterocycles. The number of ether oxygens (including phenoxy) is 1. The molecular weight excluding hydrogens is 384 g/mol. The third-order valence-corrected chi connectivity index (χ3v) is 6.44. The number of rotatable bonds is 9. The highest BCUT2D eigenvalue weighted by Gasteiger charge is 2.17. The molecule has 0 atom stereocenters. The maximum absolute atomic E-state index is 11.7. The smallest absolute Gasteiger partial charge is 0.333 e. The highest BCUT2D eigenvalue weighted by molar-refractivity contribution is 5.86. The fraction of sp³-hybridized carbons (Fsp3) is 0.464. The third kappa shape index (κ3) is 6.07. The van der Waals surface area contributed by atoms with Gasteiger partial charge >= 0.3 is 5.97 Å². The Balaban J connectivity index is 1.85. The van der Waals surface area contributed by atoms with Crippen LogP contribution in [0.1, 0.15) is 74.1 Å². The number of carbonyl (C=O) groups excluding carboxylic acids is 1. The molecule has 1 N–H and O–H groups in total. The molecule has 1 aliphatic carbocycles. The van der Waals surface area contributed by atoms with Gasteiger partial charge < -0.3 is 9.84 Å². The van der Waals surface area contributed by atoms with Gasteiger partial charge in [0.15, 0.2) is 0 Å². The van der Waals surface area contributed by atoms with Crippen molar-refractivity contribution in [3.63, 3.8) is 0 Å². The Labute approximate surface area is 187 Å². The van der Waals surface area contributed by atoms with E-state index in [0.717, 1.165) is 17.5 Å². The lowest BCUT2D eigenvalue weighted by molar-refractivity contribution is -0.138.